The summed E-state index contributed by atoms with van der Waals surface area (Å²) in [6.07, 6.45) is 12.2. The van der Waals surface area contributed by atoms with Crippen LogP contribution in [0.5, 0.6) is 0 Å². The highest BCUT2D eigenvalue weighted by Gasteiger charge is 2.32. The number of guanidine groups is 1. The van der Waals surface area contributed by atoms with Crippen LogP contribution >= 0.6 is 24.0 Å². The van der Waals surface area contributed by atoms with Gasteiger partial charge in [-0.1, -0.05) is 19.3 Å². The van der Waals surface area contributed by atoms with E-state index in [-0.39, 0.29) is 24.0 Å². The fourth-order valence-corrected chi connectivity index (χ4v) is 5.03. The van der Waals surface area contributed by atoms with Gasteiger partial charge < -0.3 is 20.4 Å². The number of nitrogens with one attached hydrogen (secondary N) is 2. The van der Waals surface area contributed by atoms with E-state index in [1.165, 1.54) is 58.0 Å². The third-order valence-electron chi connectivity index (χ3n) is 6.87. The standard InChI is InChI=1S/C22H41N5O.HI/c1-18-9-5-7-14-26(18)15-8-6-13-24-22(23-2)25-20-12-16-27(17-20)21(28)19-10-3-4-11-19;/h18-20H,3-17H2,1-2H3,(H2,23,24,25);1H. The first kappa shape index (κ1) is 24.7. The van der Waals surface area contributed by atoms with Gasteiger partial charge in [0.1, 0.15) is 0 Å². The van der Waals surface area contributed by atoms with Crippen LogP contribution in [0.25, 0.3) is 0 Å². The SMILES string of the molecule is CN=C(NCCCCN1CCCCC1C)NC1CCN(C(=O)C2CCCC2)C1.I. The Balaban J connectivity index is 0.00000300. The Morgan fingerprint density at radius 2 is 1.79 bits per heavy atom. The van der Waals surface area contributed by atoms with Crippen LogP contribution in [0, 0.1) is 5.92 Å². The van der Waals surface area contributed by atoms with E-state index in [9.17, 15) is 4.79 Å². The number of hydrogen-bond acceptors (Lipinski definition) is 3. The first-order valence-corrected chi connectivity index (χ1v) is 11.7. The molecular weight excluding hydrogens is 477 g/mol. The molecule has 2 aliphatic heterocycles. The minimum Gasteiger partial charge on any atom is -0.356 e. The molecule has 1 amide bonds. The van der Waals surface area contributed by atoms with Crippen molar-refractivity contribution in [2.75, 3.05) is 39.8 Å². The summed E-state index contributed by atoms with van der Waals surface area (Å²) >= 11 is 0. The normalized spacial score (nSPS) is 26.4. The molecule has 0 aromatic rings. The molecule has 7 heteroatoms. The summed E-state index contributed by atoms with van der Waals surface area (Å²) in [5.74, 6) is 1.56. The van der Waals surface area contributed by atoms with Crippen LogP contribution in [-0.2, 0) is 4.79 Å². The van der Waals surface area contributed by atoms with Crippen molar-refractivity contribution in [1.82, 2.24) is 20.4 Å². The molecule has 2 saturated heterocycles. The molecule has 6 nitrogen and oxygen atoms in total. The summed E-state index contributed by atoms with van der Waals surface area (Å²) in [5, 5.41) is 6.98. The maximum atomic E-state index is 12.6. The van der Waals surface area contributed by atoms with Gasteiger partial charge in [0, 0.05) is 44.7 Å². The minimum atomic E-state index is 0. The predicted octanol–water partition coefficient (Wildman–Crippen LogP) is 3.22. The summed E-state index contributed by atoms with van der Waals surface area (Å²) in [5.41, 5.74) is 0. The van der Waals surface area contributed by atoms with E-state index >= 15 is 0 Å². The summed E-state index contributed by atoms with van der Waals surface area (Å²) in [6, 6.07) is 1.08. The number of nitrogens with zero attached hydrogens (tertiary/aromatic N) is 3. The second kappa shape index (κ2) is 13.0. The Kier molecular flexibility index (Phi) is 11.0. The molecule has 0 aromatic heterocycles. The Morgan fingerprint density at radius 3 is 2.52 bits per heavy atom. The van der Waals surface area contributed by atoms with Crippen LogP contribution in [0.4, 0.5) is 0 Å². The average molecular weight is 520 g/mol. The molecule has 29 heavy (non-hydrogen) atoms. The summed E-state index contributed by atoms with van der Waals surface area (Å²) in [4.78, 5) is 21.7. The van der Waals surface area contributed by atoms with Crippen molar-refractivity contribution in [1.29, 1.82) is 0 Å². The molecular formula is C22H42IN5O. The Hall–Kier alpha value is -0.570. The lowest BCUT2D eigenvalue weighted by Crippen LogP contribution is -2.45. The first-order valence-electron chi connectivity index (χ1n) is 11.7. The number of halogens is 1. The molecule has 2 unspecified atom stereocenters. The van der Waals surface area contributed by atoms with Crippen molar-refractivity contribution < 1.29 is 4.79 Å². The van der Waals surface area contributed by atoms with E-state index in [4.69, 9.17) is 0 Å². The second-order valence-corrected chi connectivity index (χ2v) is 8.98. The topological polar surface area (TPSA) is 60.0 Å². The van der Waals surface area contributed by atoms with E-state index in [1.54, 1.807) is 0 Å². The number of piperidine rings is 1. The van der Waals surface area contributed by atoms with Gasteiger partial charge in [-0.2, -0.15) is 0 Å². The second-order valence-electron chi connectivity index (χ2n) is 8.98. The van der Waals surface area contributed by atoms with Crippen LogP contribution in [0.15, 0.2) is 4.99 Å². The molecule has 0 radical (unpaired) electrons. The van der Waals surface area contributed by atoms with Gasteiger partial charge in [-0.15, -0.1) is 24.0 Å². The molecule has 1 saturated carbocycles. The molecule has 168 valence electrons. The molecule has 2 atom stereocenters. The van der Waals surface area contributed by atoms with Crippen LogP contribution in [-0.4, -0.2) is 73.5 Å². The fourth-order valence-electron chi connectivity index (χ4n) is 5.03. The van der Waals surface area contributed by atoms with Gasteiger partial charge in [0.25, 0.3) is 0 Å². The lowest BCUT2D eigenvalue weighted by Gasteiger charge is -2.33. The zero-order valence-corrected chi connectivity index (χ0v) is 20.8. The number of aliphatic imine (C=N–C) groups is 1. The molecule has 3 fully saturated rings. The first-order chi connectivity index (χ1) is 13.7. The number of rotatable bonds is 7. The number of likely N-dealkylation sites (tertiary alicyclic amines) is 2. The average Bonchev–Trinajstić information content (AvgIpc) is 3.40. The third kappa shape index (κ3) is 7.56. The van der Waals surface area contributed by atoms with E-state index in [0.717, 1.165) is 50.9 Å². The maximum Gasteiger partial charge on any atom is 0.225 e. The van der Waals surface area contributed by atoms with Gasteiger partial charge in [0.05, 0.1) is 0 Å². The van der Waals surface area contributed by atoms with Gasteiger partial charge in [-0.3, -0.25) is 9.79 Å². The predicted molar refractivity (Wildman–Crippen MR) is 131 cm³/mol. The lowest BCUT2D eigenvalue weighted by molar-refractivity contribution is -0.134. The van der Waals surface area contributed by atoms with Crippen LogP contribution in [0.1, 0.15) is 71.1 Å². The number of carbonyl (C=O) groups is 1. The van der Waals surface area contributed by atoms with Crippen LogP contribution in [0.2, 0.25) is 0 Å². The van der Waals surface area contributed by atoms with E-state index < -0.39 is 0 Å². The molecule has 0 aromatic carbocycles. The van der Waals surface area contributed by atoms with E-state index in [2.05, 4.69) is 32.3 Å². The van der Waals surface area contributed by atoms with E-state index in [1.807, 2.05) is 7.05 Å². The zero-order chi connectivity index (χ0) is 19.8. The smallest absolute Gasteiger partial charge is 0.225 e. The number of hydrogen-bond donors (Lipinski definition) is 2. The van der Waals surface area contributed by atoms with Crippen molar-refractivity contribution in [3.05, 3.63) is 0 Å². The summed E-state index contributed by atoms with van der Waals surface area (Å²) in [7, 11) is 1.83. The molecule has 3 aliphatic rings. The highest BCUT2D eigenvalue weighted by molar-refractivity contribution is 14.0. The van der Waals surface area contributed by atoms with Gasteiger partial charge >= 0.3 is 0 Å². The Bertz CT molecular complexity index is 523. The molecule has 2 N–H and O–H groups in total. The zero-order valence-electron chi connectivity index (χ0n) is 18.5. The van der Waals surface area contributed by atoms with Crippen molar-refractivity contribution in [3.63, 3.8) is 0 Å². The Morgan fingerprint density at radius 1 is 1.03 bits per heavy atom. The molecule has 0 bridgehead atoms. The molecule has 2 heterocycles. The molecule has 1 aliphatic carbocycles. The van der Waals surface area contributed by atoms with Crippen molar-refractivity contribution in [2.24, 2.45) is 10.9 Å². The highest BCUT2D eigenvalue weighted by Crippen LogP contribution is 2.27. The van der Waals surface area contributed by atoms with Crippen LogP contribution < -0.4 is 10.6 Å². The largest absolute Gasteiger partial charge is 0.356 e. The fraction of sp³-hybridized carbons (Fsp3) is 0.909. The van der Waals surface area contributed by atoms with Crippen molar-refractivity contribution >= 4 is 35.8 Å². The van der Waals surface area contributed by atoms with Crippen molar-refractivity contribution in [3.8, 4) is 0 Å². The van der Waals surface area contributed by atoms with Gasteiger partial charge in [-0.05, 0) is 65.0 Å². The number of amides is 1. The summed E-state index contributed by atoms with van der Waals surface area (Å²) in [6.45, 7) is 7.52. The summed E-state index contributed by atoms with van der Waals surface area (Å²) < 4.78 is 0. The van der Waals surface area contributed by atoms with Crippen molar-refractivity contribution in [2.45, 2.75) is 83.2 Å². The molecule has 3 rings (SSSR count). The molecule has 0 spiro atoms. The lowest BCUT2D eigenvalue weighted by atomic mass is 10.0. The quantitative estimate of drug-likeness (QED) is 0.235. The third-order valence-corrected chi connectivity index (χ3v) is 6.87. The Labute approximate surface area is 194 Å². The number of carbonyl (C=O) groups excluding carboxylic acids is 1. The van der Waals surface area contributed by atoms with Gasteiger partial charge in [0.2, 0.25) is 5.91 Å². The monoisotopic (exact) mass is 519 g/mol. The van der Waals surface area contributed by atoms with Gasteiger partial charge in [0.15, 0.2) is 5.96 Å². The maximum absolute atomic E-state index is 12.6. The van der Waals surface area contributed by atoms with Gasteiger partial charge in [-0.25, -0.2) is 0 Å². The van der Waals surface area contributed by atoms with Crippen LogP contribution in [0.3, 0.4) is 0 Å². The highest BCUT2D eigenvalue weighted by atomic mass is 127. The van der Waals surface area contributed by atoms with E-state index in [0.29, 0.717) is 17.9 Å². The number of unbranched alkanes of at least 4 members (excludes halogenated alkanes) is 1. The minimum absolute atomic E-state index is 0.